The first kappa shape index (κ1) is 44.1. The number of nitriles is 1. The number of imide groups is 1. The Bertz CT molecular complexity index is 2270. The Hall–Kier alpha value is -5.45. The molecule has 3 amide bonds. The Morgan fingerprint density at radius 3 is 2.58 bits per heavy atom. The second kappa shape index (κ2) is 20.2. The fourth-order valence-electron chi connectivity index (χ4n) is 8.82. The molecule has 0 radical (unpaired) electrons. The van der Waals surface area contributed by atoms with E-state index in [9.17, 15) is 14.7 Å². The number of aliphatic hydroxyl groups excluding tert-OH is 1. The van der Waals surface area contributed by atoms with Gasteiger partial charge in [-0.25, -0.2) is 4.79 Å². The SMILES string of the molecule is C=CCN1C[C@H](C(=O)N(CCCN(C)C)C(=O)NCC)C[C@@H]2c3cccc4[nH]cc(c34)C[C@H]21.CC(C)(Cc1c[nH]c2ccccc12)NCC(O)COc1ccccc1C#N. The molecule has 7 rings (SSSR count). The molecule has 1 unspecified atom stereocenters. The smallest absolute Gasteiger partial charge is 0.324 e. The lowest BCUT2D eigenvalue weighted by molar-refractivity contribution is -0.135. The van der Waals surface area contributed by atoms with E-state index in [1.807, 2.05) is 51.5 Å². The first-order chi connectivity index (χ1) is 28.9. The quantitative estimate of drug-likeness (QED) is 0.0701. The van der Waals surface area contributed by atoms with Gasteiger partial charge in [0.05, 0.1) is 11.5 Å². The number of carbonyl (C=O) groups excluding carboxylic acids is 2. The van der Waals surface area contributed by atoms with Gasteiger partial charge >= 0.3 is 6.03 Å². The third-order valence-corrected chi connectivity index (χ3v) is 11.7. The summed E-state index contributed by atoms with van der Waals surface area (Å²) in [5.41, 5.74) is 6.51. The minimum absolute atomic E-state index is 0.0562. The van der Waals surface area contributed by atoms with Crippen molar-refractivity contribution in [2.75, 3.05) is 60.0 Å². The van der Waals surface area contributed by atoms with Crippen LogP contribution in [0.15, 0.2) is 91.8 Å². The number of nitrogens with zero attached hydrogens (tertiary/aromatic N) is 4. The number of H-pyrrole nitrogens is 2. The molecule has 3 aromatic carbocycles. The van der Waals surface area contributed by atoms with Crippen LogP contribution >= 0.6 is 0 Å². The summed E-state index contributed by atoms with van der Waals surface area (Å²) in [5, 5.41) is 28.1. The minimum Gasteiger partial charge on any atom is -0.489 e. The number of ether oxygens (including phenoxy) is 1. The number of rotatable bonds is 16. The Labute approximate surface area is 354 Å². The summed E-state index contributed by atoms with van der Waals surface area (Å²) < 4.78 is 5.60. The molecule has 0 saturated carbocycles. The molecule has 12 heteroatoms. The number of carbonyl (C=O) groups is 2. The van der Waals surface area contributed by atoms with Crippen LogP contribution in [0.4, 0.5) is 4.79 Å². The summed E-state index contributed by atoms with van der Waals surface area (Å²) in [6, 6.07) is 23.9. The van der Waals surface area contributed by atoms with E-state index in [1.54, 1.807) is 18.2 Å². The average Bonchev–Trinajstić information content (AvgIpc) is 3.85. The predicted molar refractivity (Wildman–Crippen MR) is 239 cm³/mol. The number of para-hydroxylation sites is 2. The number of hydrogen-bond acceptors (Lipinski definition) is 8. The van der Waals surface area contributed by atoms with Crippen LogP contribution in [-0.4, -0.2) is 119 Å². The Morgan fingerprint density at radius 2 is 1.82 bits per heavy atom. The summed E-state index contributed by atoms with van der Waals surface area (Å²) in [6.07, 6.45) is 8.78. The van der Waals surface area contributed by atoms with Crippen LogP contribution in [0, 0.1) is 17.2 Å². The van der Waals surface area contributed by atoms with Gasteiger partial charge in [0, 0.05) is 84.4 Å². The number of β-amino-alcohol motifs (C(OH)–C–C–N with tert-alkyl or cyclic N) is 1. The van der Waals surface area contributed by atoms with E-state index in [4.69, 9.17) is 10.00 Å². The summed E-state index contributed by atoms with van der Waals surface area (Å²) in [7, 11) is 4.01. The molecule has 318 valence electrons. The van der Waals surface area contributed by atoms with Crippen LogP contribution in [0.1, 0.15) is 61.8 Å². The van der Waals surface area contributed by atoms with Crippen LogP contribution < -0.4 is 15.4 Å². The highest BCUT2D eigenvalue weighted by atomic mass is 16.5. The van der Waals surface area contributed by atoms with Crippen molar-refractivity contribution in [2.24, 2.45) is 5.92 Å². The Balaban J connectivity index is 0.000000205. The lowest BCUT2D eigenvalue weighted by Crippen LogP contribution is -2.55. The monoisotopic (exact) mass is 814 g/mol. The highest BCUT2D eigenvalue weighted by Crippen LogP contribution is 2.45. The molecule has 1 saturated heterocycles. The number of piperidine rings is 1. The number of hydrogen-bond donors (Lipinski definition) is 5. The second-order valence-electron chi connectivity index (χ2n) is 17.0. The van der Waals surface area contributed by atoms with Crippen molar-refractivity contribution < 1.29 is 19.4 Å². The van der Waals surface area contributed by atoms with Gasteiger partial charge in [-0.15, -0.1) is 6.58 Å². The van der Waals surface area contributed by atoms with E-state index >= 15 is 0 Å². The number of aromatic nitrogens is 2. The number of likely N-dealkylation sites (tertiary alicyclic amines) is 1. The zero-order chi connectivity index (χ0) is 42.8. The molecule has 5 aromatic rings. The van der Waals surface area contributed by atoms with E-state index in [1.165, 1.54) is 32.4 Å². The molecule has 2 aromatic heterocycles. The molecular weight excluding hydrogens is 753 g/mol. The topological polar surface area (TPSA) is 153 Å². The van der Waals surface area contributed by atoms with Gasteiger partial charge in [-0.1, -0.05) is 48.5 Å². The van der Waals surface area contributed by atoms with Gasteiger partial charge in [-0.2, -0.15) is 5.26 Å². The first-order valence-corrected chi connectivity index (χ1v) is 21.2. The fourth-order valence-corrected chi connectivity index (χ4v) is 8.82. The largest absolute Gasteiger partial charge is 0.489 e. The number of benzene rings is 3. The van der Waals surface area contributed by atoms with E-state index in [0.29, 0.717) is 43.5 Å². The molecule has 5 N–H and O–H groups in total. The van der Waals surface area contributed by atoms with Crippen LogP contribution in [0.3, 0.4) is 0 Å². The molecule has 1 fully saturated rings. The highest BCUT2D eigenvalue weighted by molar-refractivity contribution is 5.96. The molecule has 3 heterocycles. The molecule has 1 aliphatic carbocycles. The molecule has 0 bridgehead atoms. The number of nitrogens with one attached hydrogen (secondary N) is 4. The number of aliphatic hydroxyl groups is 1. The first-order valence-electron chi connectivity index (χ1n) is 21.2. The molecule has 4 atom stereocenters. The van der Waals surface area contributed by atoms with Gasteiger partial charge in [0.1, 0.15) is 24.5 Å². The van der Waals surface area contributed by atoms with Gasteiger partial charge in [0.2, 0.25) is 5.91 Å². The van der Waals surface area contributed by atoms with Crippen molar-refractivity contribution in [1.29, 1.82) is 5.26 Å². The number of urea groups is 1. The third kappa shape index (κ3) is 10.6. The van der Waals surface area contributed by atoms with Gasteiger partial charge in [-0.05, 0) is 108 Å². The number of fused-ring (bicyclic) bond motifs is 3. The molecule has 2 aliphatic rings. The van der Waals surface area contributed by atoms with E-state index in [2.05, 4.69) is 93.4 Å². The molecular formula is C48H62N8O4. The van der Waals surface area contributed by atoms with Crippen LogP contribution in [0.25, 0.3) is 21.8 Å². The summed E-state index contributed by atoms with van der Waals surface area (Å²) >= 11 is 0. The van der Waals surface area contributed by atoms with Gasteiger partial charge < -0.3 is 35.3 Å². The van der Waals surface area contributed by atoms with E-state index < -0.39 is 6.10 Å². The van der Waals surface area contributed by atoms with Crippen molar-refractivity contribution >= 4 is 33.7 Å². The number of amides is 3. The van der Waals surface area contributed by atoms with Crippen molar-refractivity contribution in [3.05, 3.63) is 114 Å². The van der Waals surface area contributed by atoms with Crippen LogP contribution in [0.2, 0.25) is 0 Å². The van der Waals surface area contributed by atoms with Gasteiger partial charge in [0.15, 0.2) is 0 Å². The lowest BCUT2D eigenvalue weighted by Gasteiger charge is -2.47. The molecule has 12 nitrogen and oxygen atoms in total. The van der Waals surface area contributed by atoms with Crippen molar-refractivity contribution in [2.45, 2.75) is 70.1 Å². The van der Waals surface area contributed by atoms with Crippen molar-refractivity contribution in [1.82, 2.24) is 35.3 Å². The number of aromatic amines is 2. The van der Waals surface area contributed by atoms with Crippen molar-refractivity contribution in [3.8, 4) is 11.8 Å². The van der Waals surface area contributed by atoms with Crippen LogP contribution in [-0.2, 0) is 17.6 Å². The van der Waals surface area contributed by atoms with Gasteiger partial charge in [0.25, 0.3) is 0 Å². The lowest BCUT2D eigenvalue weighted by atomic mass is 9.72. The van der Waals surface area contributed by atoms with E-state index in [-0.39, 0.29) is 35.9 Å². The predicted octanol–water partition coefficient (Wildman–Crippen LogP) is 6.58. The molecule has 1 aliphatic heterocycles. The standard InChI is InChI=1S/C26H37N5O2.C22H25N3O2/c1-5-11-30-17-19(25(32)31(26(33)27-6-2)13-8-12-29(3)4)14-21-20-9-7-10-22-24(20)18(16-28-22)15-23(21)30;1-22(2,11-17-13-24-20-9-5-4-8-19(17)20)25-14-18(26)15-27-21-10-6-3-7-16(21)12-23/h5,7,9-10,16,19,21,23,28H,1,6,8,11-15,17H2,2-4H3,(H,27,33);3-10,13,18,24-26H,11,14-15H2,1-2H3/t19-,21-,23-;/m1./s1. The van der Waals surface area contributed by atoms with E-state index in [0.717, 1.165) is 49.8 Å². The normalized spacial score (nSPS) is 17.9. The zero-order valence-electron chi connectivity index (χ0n) is 35.8. The summed E-state index contributed by atoms with van der Waals surface area (Å²) in [4.78, 5) is 39.2. The Kier molecular flexibility index (Phi) is 14.9. The second-order valence-corrected chi connectivity index (χ2v) is 17.0. The summed E-state index contributed by atoms with van der Waals surface area (Å²) in [5.74, 6) is 0.484. The van der Waals surface area contributed by atoms with Gasteiger partial charge in [-0.3, -0.25) is 14.6 Å². The molecule has 60 heavy (non-hydrogen) atoms. The Morgan fingerprint density at radius 1 is 1.07 bits per heavy atom. The maximum Gasteiger partial charge on any atom is 0.324 e. The maximum absolute atomic E-state index is 13.7. The van der Waals surface area contributed by atoms with Crippen molar-refractivity contribution in [3.63, 3.8) is 0 Å². The maximum atomic E-state index is 13.7. The highest BCUT2D eigenvalue weighted by Gasteiger charge is 2.44. The summed E-state index contributed by atoms with van der Waals surface area (Å²) in [6.45, 7) is 13.8. The van der Waals surface area contributed by atoms with Crippen LogP contribution in [0.5, 0.6) is 5.75 Å². The average molecular weight is 815 g/mol. The molecule has 0 spiro atoms. The fraction of sp³-hybridized carbons (Fsp3) is 0.438. The minimum atomic E-state index is -0.668. The zero-order valence-corrected chi connectivity index (χ0v) is 35.8. The third-order valence-electron chi connectivity index (χ3n) is 11.7.